The molecule has 0 aromatic heterocycles. The summed E-state index contributed by atoms with van der Waals surface area (Å²) < 4.78 is 50.3. The minimum atomic E-state index is -0.598. The molecule has 3 amide bonds. The Balaban J connectivity index is 1.18. The molecule has 0 radical (unpaired) electrons. The maximum absolute atomic E-state index is 12.0. The molecule has 0 spiro atoms. The molecule has 0 aliphatic carbocycles. The molecule has 0 unspecified atom stereocenters. The maximum atomic E-state index is 12.0. The Morgan fingerprint density at radius 2 is 0.902 bits per heavy atom. The van der Waals surface area contributed by atoms with Crippen LogP contribution in [0, 0.1) is 0 Å². The molecule has 15 heteroatoms. The average molecular weight is 789 g/mol. The molecule has 2 rings (SSSR count). The smallest absolute Gasteiger partial charge is 0.260 e. The van der Waals surface area contributed by atoms with Crippen LogP contribution in [0.5, 0.6) is 5.75 Å². The molecule has 288 valence electrons. The lowest BCUT2D eigenvalue weighted by molar-refractivity contribution is -0.148. The van der Waals surface area contributed by atoms with E-state index in [4.69, 9.17) is 42.6 Å². The second-order valence-electron chi connectivity index (χ2n) is 11.1. The number of imide groups is 3. The van der Waals surface area contributed by atoms with Crippen molar-refractivity contribution in [1.29, 1.82) is 0 Å². The molecule has 1 heterocycles. The highest BCUT2D eigenvalue weighted by atomic mass is 79.9. The molecule has 0 N–H and O–H groups in total. The monoisotopic (exact) mass is 787 g/mol. The van der Waals surface area contributed by atoms with E-state index in [1.54, 1.807) is 0 Å². The van der Waals surface area contributed by atoms with Gasteiger partial charge in [0.05, 0.1) is 106 Å². The second kappa shape index (κ2) is 31.0. The number of rotatable bonds is 35. The minimum absolute atomic E-state index is 0.0614. The first-order valence-electron chi connectivity index (χ1n) is 17.6. The molecular weight excluding hydrogens is 734 g/mol. The fourth-order valence-electron chi connectivity index (χ4n) is 4.36. The summed E-state index contributed by atoms with van der Waals surface area (Å²) in [6, 6.07) is 7.76. The van der Waals surface area contributed by atoms with Crippen LogP contribution in [0.4, 0.5) is 0 Å². The zero-order valence-electron chi connectivity index (χ0n) is 29.6. The van der Waals surface area contributed by atoms with Gasteiger partial charge in [-0.15, -0.1) is 0 Å². The Morgan fingerprint density at radius 1 is 0.471 bits per heavy atom. The van der Waals surface area contributed by atoms with E-state index in [2.05, 4.69) is 15.9 Å². The fourth-order valence-corrected chi connectivity index (χ4v) is 4.62. The SMILES string of the molecule is O=C(CCCCCOc1ccc(Br)cc1)CCOCCOCCOCCOCCOCCOCCOCCOCCCC(=O)N1C(=O)C=CC1=O. The lowest BCUT2D eigenvalue weighted by Gasteiger charge is -2.11. The molecule has 1 aromatic carbocycles. The summed E-state index contributed by atoms with van der Waals surface area (Å²) >= 11 is 3.40. The van der Waals surface area contributed by atoms with Crippen molar-refractivity contribution in [2.75, 3.05) is 112 Å². The summed E-state index contributed by atoms with van der Waals surface area (Å²) in [6.45, 7) is 7.60. The van der Waals surface area contributed by atoms with Gasteiger partial charge in [-0.05, 0) is 49.9 Å². The Kier molecular flexibility index (Phi) is 27.1. The first-order chi connectivity index (χ1) is 25.0. The van der Waals surface area contributed by atoms with Crippen LogP contribution < -0.4 is 4.74 Å². The third kappa shape index (κ3) is 24.3. The predicted molar refractivity (Wildman–Crippen MR) is 190 cm³/mol. The van der Waals surface area contributed by atoms with Crippen LogP contribution in [-0.4, -0.2) is 141 Å². The maximum Gasteiger partial charge on any atom is 0.260 e. The van der Waals surface area contributed by atoms with Crippen LogP contribution in [0.1, 0.15) is 44.9 Å². The van der Waals surface area contributed by atoms with Gasteiger partial charge in [0.15, 0.2) is 0 Å². The number of ketones is 1. The third-order valence-electron chi connectivity index (χ3n) is 7.05. The number of hydrogen-bond donors (Lipinski definition) is 0. The largest absolute Gasteiger partial charge is 0.494 e. The van der Waals surface area contributed by atoms with Gasteiger partial charge in [0.2, 0.25) is 5.91 Å². The molecule has 0 saturated carbocycles. The number of Topliss-reactive ketones (excluding diaryl/α,β-unsaturated/α-hetero) is 1. The number of halogens is 1. The number of hydrogen-bond acceptors (Lipinski definition) is 13. The van der Waals surface area contributed by atoms with Gasteiger partial charge < -0.3 is 42.6 Å². The van der Waals surface area contributed by atoms with Gasteiger partial charge in [-0.3, -0.25) is 19.2 Å². The fraction of sp³-hybridized carbons (Fsp3) is 0.667. The lowest BCUT2D eigenvalue weighted by atomic mass is 10.1. The summed E-state index contributed by atoms with van der Waals surface area (Å²) in [5.74, 6) is -0.641. The minimum Gasteiger partial charge on any atom is -0.494 e. The number of nitrogens with zero attached hydrogens (tertiary/aromatic N) is 1. The number of unbranched alkanes of at least 4 members (excludes halogenated alkanes) is 2. The average Bonchev–Trinajstić information content (AvgIpc) is 3.47. The van der Waals surface area contributed by atoms with Crippen molar-refractivity contribution in [1.82, 2.24) is 4.90 Å². The first-order valence-corrected chi connectivity index (χ1v) is 18.4. The van der Waals surface area contributed by atoms with Crippen LogP contribution in [0.2, 0.25) is 0 Å². The Bertz CT molecular complexity index is 1100. The summed E-state index contributed by atoms with van der Waals surface area (Å²) in [5, 5.41) is 0. The molecule has 1 aliphatic rings. The molecule has 0 bridgehead atoms. The van der Waals surface area contributed by atoms with E-state index in [0.717, 1.165) is 41.6 Å². The van der Waals surface area contributed by atoms with Crippen molar-refractivity contribution in [3.8, 4) is 5.75 Å². The lowest BCUT2D eigenvalue weighted by Crippen LogP contribution is -2.36. The van der Waals surface area contributed by atoms with E-state index in [0.29, 0.717) is 136 Å². The van der Waals surface area contributed by atoms with Gasteiger partial charge in [-0.1, -0.05) is 15.9 Å². The van der Waals surface area contributed by atoms with E-state index in [9.17, 15) is 19.2 Å². The van der Waals surface area contributed by atoms with Crippen LogP contribution in [-0.2, 0) is 57.1 Å². The zero-order valence-corrected chi connectivity index (χ0v) is 31.2. The van der Waals surface area contributed by atoms with Gasteiger partial charge in [0, 0.05) is 42.5 Å². The first kappa shape index (κ1) is 44.6. The van der Waals surface area contributed by atoms with Gasteiger partial charge in [-0.2, -0.15) is 0 Å². The number of amides is 3. The standard InChI is InChI=1S/C36H54BrNO13/c37-31-7-9-33(10-8-31)51-15-3-1-2-5-32(39)13-16-44-18-20-46-22-24-48-26-28-50-30-29-49-27-25-47-23-21-45-19-17-43-14-4-6-34(40)38-35(41)11-12-36(38)42/h7-12H,1-6,13-30H2. The number of ether oxygens (including phenoxy) is 9. The summed E-state index contributed by atoms with van der Waals surface area (Å²) in [4.78, 5) is 47.4. The van der Waals surface area contributed by atoms with E-state index < -0.39 is 17.7 Å². The van der Waals surface area contributed by atoms with Gasteiger partial charge in [-0.25, -0.2) is 4.90 Å². The quantitative estimate of drug-likeness (QED) is 0.0726. The second-order valence-corrected chi connectivity index (χ2v) is 12.1. The molecular formula is C36H54BrNO13. The number of carbonyl (C=O) groups is 4. The zero-order chi connectivity index (χ0) is 36.6. The van der Waals surface area contributed by atoms with Crippen molar-refractivity contribution in [2.45, 2.75) is 44.9 Å². The van der Waals surface area contributed by atoms with Gasteiger partial charge in [0.25, 0.3) is 11.8 Å². The Hall–Kier alpha value is -2.60. The molecule has 51 heavy (non-hydrogen) atoms. The Labute approximate surface area is 309 Å². The van der Waals surface area contributed by atoms with E-state index >= 15 is 0 Å². The number of benzene rings is 1. The molecule has 1 aromatic rings. The predicted octanol–water partition coefficient (Wildman–Crippen LogP) is 3.71. The molecule has 0 saturated heterocycles. The van der Waals surface area contributed by atoms with Crippen LogP contribution in [0.25, 0.3) is 0 Å². The summed E-state index contributed by atoms with van der Waals surface area (Å²) in [5.41, 5.74) is 0. The molecule has 14 nitrogen and oxygen atoms in total. The Morgan fingerprint density at radius 3 is 1.37 bits per heavy atom. The number of carbonyl (C=O) groups excluding carboxylic acids is 4. The highest BCUT2D eigenvalue weighted by molar-refractivity contribution is 9.10. The van der Waals surface area contributed by atoms with E-state index in [1.807, 2.05) is 24.3 Å². The molecule has 0 atom stereocenters. The van der Waals surface area contributed by atoms with Crippen molar-refractivity contribution in [3.05, 3.63) is 40.9 Å². The van der Waals surface area contributed by atoms with E-state index in [-0.39, 0.29) is 12.2 Å². The topological polar surface area (TPSA) is 155 Å². The van der Waals surface area contributed by atoms with Crippen LogP contribution in [0.15, 0.2) is 40.9 Å². The van der Waals surface area contributed by atoms with Gasteiger partial charge in [0.1, 0.15) is 11.5 Å². The van der Waals surface area contributed by atoms with Crippen molar-refractivity contribution < 1.29 is 61.8 Å². The summed E-state index contributed by atoms with van der Waals surface area (Å²) in [7, 11) is 0. The van der Waals surface area contributed by atoms with Gasteiger partial charge >= 0.3 is 0 Å². The van der Waals surface area contributed by atoms with Crippen LogP contribution >= 0.6 is 15.9 Å². The van der Waals surface area contributed by atoms with Crippen LogP contribution in [0.3, 0.4) is 0 Å². The highest BCUT2D eigenvalue weighted by Crippen LogP contribution is 2.16. The highest BCUT2D eigenvalue weighted by Gasteiger charge is 2.29. The third-order valence-corrected chi connectivity index (χ3v) is 7.58. The van der Waals surface area contributed by atoms with Crippen molar-refractivity contribution >= 4 is 39.4 Å². The molecule has 0 fully saturated rings. The van der Waals surface area contributed by atoms with Crippen molar-refractivity contribution in [3.63, 3.8) is 0 Å². The van der Waals surface area contributed by atoms with Crippen molar-refractivity contribution in [2.24, 2.45) is 0 Å². The molecule has 1 aliphatic heterocycles. The summed E-state index contributed by atoms with van der Waals surface area (Å²) in [6.07, 6.45) is 6.39. The van der Waals surface area contributed by atoms with E-state index in [1.165, 1.54) is 0 Å². The normalized spacial score (nSPS) is 12.7.